The van der Waals surface area contributed by atoms with Crippen LogP contribution in [-0.2, 0) is 9.84 Å². The van der Waals surface area contributed by atoms with Gasteiger partial charge in [-0.15, -0.1) is 0 Å². The molecule has 0 aliphatic rings. The Bertz CT molecular complexity index is 908. The Morgan fingerprint density at radius 3 is 2.96 bits per heavy atom. The molecular weight excluding hydrogens is 421 g/mol. The number of rotatable bonds is 7. The average Bonchev–Trinajstić information content (AvgIpc) is 3.02. The zero-order valence-electron chi connectivity index (χ0n) is 14.0. The van der Waals surface area contributed by atoms with E-state index in [-0.39, 0.29) is 39.8 Å². The molecule has 1 heterocycles. The lowest BCUT2D eigenvalue weighted by molar-refractivity contribution is 0.300. The highest BCUT2D eigenvalue weighted by Gasteiger charge is 2.21. The second-order valence-electron chi connectivity index (χ2n) is 5.11. The minimum absolute atomic E-state index is 0.0181. The van der Waals surface area contributed by atoms with Crippen molar-refractivity contribution in [3.05, 3.63) is 34.2 Å². The first kappa shape index (κ1) is 17.8. The minimum atomic E-state index is -3.09. The number of benzene rings is 1. The van der Waals surface area contributed by atoms with Crippen molar-refractivity contribution in [2.24, 2.45) is 0 Å². The fourth-order valence-corrected chi connectivity index (χ4v) is 2.87. The van der Waals surface area contributed by atoms with Gasteiger partial charge in [-0.1, -0.05) is 0 Å². The summed E-state index contributed by atoms with van der Waals surface area (Å²) in [6.07, 6.45) is 1.44. The van der Waals surface area contributed by atoms with E-state index in [2.05, 4.69) is 41.6 Å². The Kier molecular flexibility index (Phi) is 5.60. The summed E-state index contributed by atoms with van der Waals surface area (Å²) in [5, 5.41) is 24.1. The first-order chi connectivity index (χ1) is 12.2. The van der Waals surface area contributed by atoms with Gasteiger partial charge < -0.3 is 5.32 Å². The van der Waals surface area contributed by atoms with Crippen molar-refractivity contribution in [3.8, 4) is 0 Å². The van der Waals surface area contributed by atoms with Crippen molar-refractivity contribution >= 4 is 43.1 Å². The molecule has 12 heteroatoms. The average molecular weight is 436 g/mol. The largest absolute Gasteiger partial charge is 0.365 e. The van der Waals surface area contributed by atoms with Crippen LogP contribution < -0.4 is 10.4 Å². The fraction of sp³-hybridized carbons (Fsp3) is 0.308. The van der Waals surface area contributed by atoms with Gasteiger partial charge in [-0.2, -0.15) is 0 Å². The molecule has 25 heavy (non-hydrogen) atoms. The van der Waals surface area contributed by atoms with Gasteiger partial charge in [0, 0.05) is 12.8 Å². The van der Waals surface area contributed by atoms with Gasteiger partial charge in [0.1, 0.15) is 15.7 Å². The van der Waals surface area contributed by atoms with E-state index in [4.69, 9.17) is 1.41 Å². The van der Waals surface area contributed by atoms with Gasteiger partial charge in [-0.25, -0.2) is 22.5 Å². The summed E-state index contributed by atoms with van der Waals surface area (Å²) in [4.78, 5) is 0. The van der Waals surface area contributed by atoms with Gasteiger partial charge in [0.15, 0.2) is 12.9 Å². The highest BCUT2D eigenvalue weighted by molar-refractivity contribution is 9.10. The molecular formula is C13H15BrFN5O4S. The van der Waals surface area contributed by atoms with Crippen LogP contribution >= 0.6 is 15.9 Å². The molecule has 0 unspecified atom stereocenters. The highest BCUT2D eigenvalue weighted by Crippen LogP contribution is 2.24. The molecule has 1 aromatic heterocycles. The number of nitrogens with zero attached hydrogens (tertiary/aromatic N) is 3. The second kappa shape index (κ2) is 7.89. The highest BCUT2D eigenvalue weighted by atomic mass is 79.9. The first-order valence-electron chi connectivity index (χ1n) is 7.38. The fourth-order valence-electron chi connectivity index (χ4n) is 1.83. The van der Waals surface area contributed by atoms with Gasteiger partial charge in [-0.3, -0.25) is 10.6 Å². The SMILES string of the molecule is [H]/N=C(/c1nonc1NCCCS(C)(=O)=O)N(O)c1ccc(F)c(Br)c1. The predicted molar refractivity (Wildman–Crippen MR) is 92.3 cm³/mol. The molecule has 0 saturated heterocycles. The molecule has 136 valence electrons. The van der Waals surface area contributed by atoms with Crippen molar-refractivity contribution in [3.63, 3.8) is 0 Å². The zero-order chi connectivity index (χ0) is 19.3. The summed E-state index contributed by atoms with van der Waals surface area (Å²) in [5.41, 5.74) is 0.0533. The number of amidine groups is 1. The molecule has 0 spiro atoms. The number of sulfone groups is 1. The topological polar surface area (TPSA) is 132 Å². The van der Waals surface area contributed by atoms with Crippen LogP contribution in [0.3, 0.4) is 0 Å². The number of hydrogen-bond donors (Lipinski definition) is 3. The van der Waals surface area contributed by atoms with Crippen LogP contribution in [0.25, 0.3) is 0 Å². The van der Waals surface area contributed by atoms with Gasteiger partial charge in [0.25, 0.3) is 0 Å². The van der Waals surface area contributed by atoms with Crippen LogP contribution in [0.5, 0.6) is 0 Å². The molecule has 2 rings (SSSR count). The molecule has 0 aliphatic carbocycles. The van der Waals surface area contributed by atoms with E-state index in [9.17, 15) is 18.0 Å². The number of halogens is 2. The van der Waals surface area contributed by atoms with Crippen LogP contribution in [0.4, 0.5) is 15.9 Å². The summed E-state index contributed by atoms with van der Waals surface area (Å²) in [6, 6.07) is 3.68. The normalized spacial score (nSPS) is 12.8. The third-order valence-corrected chi connectivity index (χ3v) is 4.67. The van der Waals surface area contributed by atoms with E-state index in [1.165, 1.54) is 12.1 Å². The molecule has 1 aromatic carbocycles. The third kappa shape index (κ3) is 5.21. The van der Waals surface area contributed by atoms with E-state index < -0.39 is 15.7 Å². The summed E-state index contributed by atoms with van der Waals surface area (Å²) >= 11 is 3.00. The predicted octanol–water partition coefficient (Wildman–Crippen LogP) is 2.04. The van der Waals surface area contributed by atoms with E-state index in [1.54, 1.807) is 0 Å². The third-order valence-electron chi connectivity index (χ3n) is 3.03. The van der Waals surface area contributed by atoms with E-state index >= 15 is 0 Å². The number of hydroxylamine groups is 1. The quantitative estimate of drug-likeness (QED) is 0.260. The standard InChI is InChI=1S/C13H15BrFN5O4S/c1-25(22,23)6-2-5-17-13-11(18-24-19-13)12(16)20(21)8-3-4-10(15)9(14)7-8/h3-4,7,16,21H,2,5-6H2,1H3,(H,17,19)/b16-12-. The summed E-state index contributed by atoms with van der Waals surface area (Å²) in [6.45, 7) is 0.243. The Morgan fingerprint density at radius 2 is 2.32 bits per heavy atom. The van der Waals surface area contributed by atoms with E-state index in [1.807, 2.05) is 0 Å². The van der Waals surface area contributed by atoms with Crippen LogP contribution in [-0.4, -0.2) is 48.3 Å². The van der Waals surface area contributed by atoms with Gasteiger partial charge >= 0.3 is 0 Å². The van der Waals surface area contributed by atoms with Crippen LogP contribution in [0.1, 0.15) is 12.1 Å². The Labute approximate surface area is 152 Å². The maximum atomic E-state index is 13.3. The number of aromatic nitrogens is 2. The Balaban J connectivity index is 2.15. The molecule has 0 atom stereocenters. The van der Waals surface area contributed by atoms with Gasteiger partial charge in [0.2, 0.25) is 5.82 Å². The molecule has 2 aromatic rings. The molecule has 0 amide bonds. The summed E-state index contributed by atoms with van der Waals surface area (Å²) in [7, 11) is -3.09. The first-order valence-corrected chi connectivity index (χ1v) is 9.79. The lowest BCUT2D eigenvalue weighted by Gasteiger charge is -2.16. The molecule has 3 N–H and O–H groups in total. The van der Waals surface area contributed by atoms with Gasteiger partial charge in [-0.05, 0) is 50.9 Å². The van der Waals surface area contributed by atoms with Crippen molar-refractivity contribution in [1.29, 1.82) is 5.40 Å². The Morgan fingerprint density at radius 1 is 1.56 bits per heavy atom. The molecule has 0 radical (unpaired) electrons. The second-order valence-corrected chi connectivity index (χ2v) is 8.22. The molecule has 0 aliphatic heterocycles. The molecule has 0 fully saturated rings. The smallest absolute Gasteiger partial charge is 0.202 e. The lowest BCUT2D eigenvalue weighted by atomic mass is 10.3. The van der Waals surface area contributed by atoms with Crippen molar-refractivity contribution in [2.75, 3.05) is 28.9 Å². The number of hydrogen-bond acceptors (Lipinski definition) is 8. The monoisotopic (exact) mass is 435 g/mol. The zero-order valence-corrected chi connectivity index (χ0v) is 15.4. The van der Waals surface area contributed by atoms with Crippen LogP contribution in [0.15, 0.2) is 27.3 Å². The minimum Gasteiger partial charge on any atom is -0.365 e. The van der Waals surface area contributed by atoms with Crippen molar-refractivity contribution in [1.82, 2.24) is 10.3 Å². The lowest BCUT2D eigenvalue weighted by Crippen LogP contribution is -2.28. The summed E-state index contributed by atoms with van der Waals surface area (Å²) in [5.74, 6) is -0.793. The maximum Gasteiger partial charge on any atom is 0.202 e. The maximum absolute atomic E-state index is 13.3. The Hall–Kier alpha value is -2.05. The molecule has 0 bridgehead atoms. The van der Waals surface area contributed by atoms with Crippen LogP contribution in [0, 0.1) is 11.2 Å². The van der Waals surface area contributed by atoms with E-state index in [0.717, 1.165) is 12.3 Å². The number of anilines is 2. The van der Waals surface area contributed by atoms with E-state index in [0.29, 0.717) is 11.5 Å². The summed E-state index contributed by atoms with van der Waals surface area (Å²) < 4.78 is 47.6. The number of nitrogens with one attached hydrogen (secondary N) is 2. The van der Waals surface area contributed by atoms with Crippen molar-refractivity contribution in [2.45, 2.75) is 6.42 Å². The van der Waals surface area contributed by atoms with Gasteiger partial charge in [0.05, 0.1) is 15.9 Å². The van der Waals surface area contributed by atoms with Crippen molar-refractivity contribution < 1.29 is 24.1 Å². The molecule has 0 saturated carbocycles. The molecule has 9 nitrogen and oxygen atoms in total. The van der Waals surface area contributed by atoms with Crippen LogP contribution in [0.2, 0.25) is 1.41 Å².